The summed E-state index contributed by atoms with van der Waals surface area (Å²) in [5, 5.41) is 10.2. The maximum absolute atomic E-state index is 14.6. The predicted molar refractivity (Wildman–Crippen MR) is 116 cm³/mol. The summed E-state index contributed by atoms with van der Waals surface area (Å²) >= 11 is 0. The van der Waals surface area contributed by atoms with E-state index in [-0.39, 0.29) is 16.1 Å². The van der Waals surface area contributed by atoms with E-state index in [4.69, 9.17) is 0 Å². The zero-order chi connectivity index (χ0) is 22.6. The van der Waals surface area contributed by atoms with Gasteiger partial charge in [-0.05, 0) is 57.5 Å². The van der Waals surface area contributed by atoms with Crippen molar-refractivity contribution in [2.45, 2.75) is 46.3 Å². The number of rotatable bonds is 3. The second kappa shape index (κ2) is 7.27. The summed E-state index contributed by atoms with van der Waals surface area (Å²) in [5.41, 5.74) is 3.37. The maximum atomic E-state index is 14.6. The summed E-state index contributed by atoms with van der Waals surface area (Å²) in [6.07, 6.45) is 0. The minimum atomic E-state index is -0.633. The van der Waals surface area contributed by atoms with Gasteiger partial charge in [0.05, 0.1) is 11.1 Å². The van der Waals surface area contributed by atoms with Crippen LogP contribution in [0.4, 0.5) is 8.78 Å². The van der Waals surface area contributed by atoms with Crippen molar-refractivity contribution >= 4 is 5.91 Å². The highest BCUT2D eigenvalue weighted by atomic mass is 19.1. The SMILES string of the molecule is Cc1c(O)ccc2c1C(=O)[N+](Cc1ccccc1-c1ccc(F)cc1F)(C(C)(C)C)C2. The van der Waals surface area contributed by atoms with Gasteiger partial charge in [0, 0.05) is 28.3 Å². The van der Waals surface area contributed by atoms with Crippen molar-refractivity contribution in [1.82, 2.24) is 0 Å². The molecule has 3 aromatic carbocycles. The van der Waals surface area contributed by atoms with E-state index in [0.29, 0.717) is 35.3 Å². The molecule has 1 amide bonds. The van der Waals surface area contributed by atoms with Crippen LogP contribution in [0.25, 0.3) is 11.1 Å². The summed E-state index contributed by atoms with van der Waals surface area (Å²) in [6.45, 7) is 8.66. The second-order valence-electron chi connectivity index (χ2n) is 9.29. The van der Waals surface area contributed by atoms with Gasteiger partial charge in [0.15, 0.2) is 0 Å². The van der Waals surface area contributed by atoms with E-state index in [1.807, 2.05) is 45.0 Å². The van der Waals surface area contributed by atoms with E-state index in [1.54, 1.807) is 19.1 Å². The Morgan fingerprint density at radius 2 is 1.71 bits per heavy atom. The lowest BCUT2D eigenvalue weighted by atomic mass is 9.94. The Kier molecular flexibility index (Phi) is 4.97. The van der Waals surface area contributed by atoms with E-state index >= 15 is 0 Å². The van der Waals surface area contributed by atoms with Gasteiger partial charge in [0.1, 0.15) is 30.5 Å². The standard InChI is InChI=1S/C26H25F2NO2/c1-16-23(30)12-9-18-15-29(26(2,3)4,25(31)24(16)18)14-17-7-5-6-8-20(17)21-11-10-19(27)13-22(21)28/h5-13H,14-15H2,1-4H3/p+1. The average Bonchev–Trinajstić information content (AvgIpc) is 2.99. The number of benzene rings is 3. The fraction of sp³-hybridized carbons (Fsp3) is 0.269. The Hall–Kier alpha value is -3.05. The van der Waals surface area contributed by atoms with Gasteiger partial charge in [-0.3, -0.25) is 0 Å². The lowest BCUT2D eigenvalue weighted by Gasteiger charge is -2.43. The first-order chi connectivity index (χ1) is 14.5. The van der Waals surface area contributed by atoms with Crippen LogP contribution in [0, 0.1) is 18.6 Å². The van der Waals surface area contributed by atoms with Crippen LogP contribution in [0.3, 0.4) is 0 Å². The number of aromatic hydroxyl groups is 1. The molecule has 0 saturated heterocycles. The minimum Gasteiger partial charge on any atom is -0.508 e. The first-order valence-electron chi connectivity index (χ1n) is 10.3. The second-order valence-corrected chi connectivity index (χ2v) is 9.29. The third kappa shape index (κ3) is 3.33. The van der Waals surface area contributed by atoms with Gasteiger partial charge < -0.3 is 5.11 Å². The third-order valence-corrected chi connectivity index (χ3v) is 6.53. The van der Waals surface area contributed by atoms with Gasteiger partial charge >= 0.3 is 5.91 Å². The molecule has 0 fully saturated rings. The van der Waals surface area contributed by atoms with Crippen molar-refractivity contribution in [2.24, 2.45) is 0 Å². The highest BCUT2D eigenvalue weighted by Crippen LogP contribution is 2.43. The number of nitrogens with zero attached hydrogens (tertiary/aromatic N) is 1. The zero-order valence-electron chi connectivity index (χ0n) is 18.2. The van der Waals surface area contributed by atoms with E-state index in [2.05, 4.69) is 0 Å². The average molecular weight is 422 g/mol. The molecule has 0 saturated carbocycles. The summed E-state index contributed by atoms with van der Waals surface area (Å²) < 4.78 is 28.2. The molecule has 1 N–H and O–H groups in total. The largest absolute Gasteiger partial charge is 0.508 e. The molecule has 1 unspecified atom stereocenters. The van der Waals surface area contributed by atoms with Crippen LogP contribution in [0.2, 0.25) is 0 Å². The van der Waals surface area contributed by atoms with Crippen LogP contribution >= 0.6 is 0 Å². The monoisotopic (exact) mass is 422 g/mol. The highest BCUT2D eigenvalue weighted by Gasteiger charge is 2.54. The number of fused-ring (bicyclic) bond motifs is 1. The number of hydrogen-bond acceptors (Lipinski definition) is 2. The van der Waals surface area contributed by atoms with Gasteiger partial charge in [-0.25, -0.2) is 18.1 Å². The minimum absolute atomic E-state index is 0.0507. The van der Waals surface area contributed by atoms with E-state index in [1.165, 1.54) is 12.1 Å². The predicted octanol–water partition coefficient (Wildman–Crippen LogP) is 6.12. The van der Waals surface area contributed by atoms with Gasteiger partial charge in [-0.15, -0.1) is 0 Å². The summed E-state index contributed by atoms with van der Waals surface area (Å²) in [5.74, 6) is -1.20. The molecule has 1 aliphatic rings. The normalized spacial score (nSPS) is 18.3. The van der Waals surface area contributed by atoms with E-state index in [9.17, 15) is 18.7 Å². The number of hydrogen-bond donors (Lipinski definition) is 1. The Morgan fingerprint density at radius 1 is 1.00 bits per heavy atom. The number of carbonyl (C=O) groups is 1. The van der Waals surface area contributed by atoms with Crippen LogP contribution in [0.15, 0.2) is 54.6 Å². The number of carbonyl (C=O) groups excluding carboxylic acids is 1. The number of halogens is 2. The van der Waals surface area contributed by atoms with Crippen molar-refractivity contribution in [2.75, 3.05) is 0 Å². The number of phenolic OH excluding ortho intramolecular Hbond substituents is 1. The van der Waals surface area contributed by atoms with Crippen LogP contribution in [-0.4, -0.2) is 21.0 Å². The molecule has 0 bridgehead atoms. The highest BCUT2D eigenvalue weighted by molar-refractivity contribution is 5.95. The van der Waals surface area contributed by atoms with Gasteiger partial charge in [-0.2, -0.15) is 0 Å². The lowest BCUT2D eigenvalue weighted by Crippen LogP contribution is -2.59. The molecule has 3 aromatic rings. The Balaban J connectivity index is 1.86. The molecule has 160 valence electrons. The summed E-state index contributed by atoms with van der Waals surface area (Å²) in [6, 6.07) is 14.4. The molecule has 3 nitrogen and oxygen atoms in total. The molecule has 0 radical (unpaired) electrons. The van der Waals surface area contributed by atoms with E-state index < -0.39 is 17.2 Å². The molecule has 4 rings (SSSR count). The molecule has 0 aromatic heterocycles. The Morgan fingerprint density at radius 3 is 2.39 bits per heavy atom. The van der Waals surface area contributed by atoms with E-state index in [0.717, 1.165) is 17.2 Å². The molecule has 1 heterocycles. The molecule has 1 atom stereocenters. The molecule has 1 aliphatic heterocycles. The smallest absolute Gasteiger partial charge is 0.347 e. The summed E-state index contributed by atoms with van der Waals surface area (Å²) in [4.78, 5) is 13.8. The molecule has 31 heavy (non-hydrogen) atoms. The van der Waals surface area contributed by atoms with Crippen LogP contribution in [0.1, 0.15) is 47.8 Å². The number of quaternary nitrogens is 1. The van der Waals surface area contributed by atoms with Crippen molar-refractivity contribution in [3.8, 4) is 16.9 Å². The van der Waals surface area contributed by atoms with Gasteiger partial charge in [0.25, 0.3) is 0 Å². The lowest BCUT2D eigenvalue weighted by molar-refractivity contribution is -0.917. The van der Waals surface area contributed by atoms with Crippen molar-refractivity contribution in [3.05, 3.63) is 88.5 Å². The maximum Gasteiger partial charge on any atom is 0.347 e. The summed E-state index contributed by atoms with van der Waals surface area (Å²) in [7, 11) is 0. The number of amides is 1. The van der Waals surface area contributed by atoms with Crippen LogP contribution in [-0.2, 0) is 13.1 Å². The Bertz CT molecular complexity index is 1200. The third-order valence-electron chi connectivity index (χ3n) is 6.53. The molecule has 5 heteroatoms. The molecule has 0 aliphatic carbocycles. The van der Waals surface area contributed by atoms with Crippen molar-refractivity contribution in [3.63, 3.8) is 0 Å². The van der Waals surface area contributed by atoms with Gasteiger partial charge in [0.2, 0.25) is 0 Å². The van der Waals surface area contributed by atoms with Crippen molar-refractivity contribution < 1.29 is 23.2 Å². The zero-order valence-corrected chi connectivity index (χ0v) is 18.2. The number of phenols is 1. The molecule has 0 spiro atoms. The van der Waals surface area contributed by atoms with Crippen molar-refractivity contribution in [1.29, 1.82) is 0 Å². The topological polar surface area (TPSA) is 37.3 Å². The fourth-order valence-corrected chi connectivity index (χ4v) is 4.59. The molecular formula is C26H26F2NO2+. The van der Waals surface area contributed by atoms with Gasteiger partial charge in [-0.1, -0.05) is 24.3 Å². The first-order valence-corrected chi connectivity index (χ1v) is 10.3. The quantitative estimate of drug-likeness (QED) is 0.517. The van der Waals surface area contributed by atoms with Crippen LogP contribution in [0.5, 0.6) is 5.75 Å². The molecular weight excluding hydrogens is 396 g/mol. The van der Waals surface area contributed by atoms with Crippen LogP contribution < -0.4 is 0 Å². The first kappa shape index (κ1) is 21.2. The Labute approximate surface area is 181 Å². The fourth-order valence-electron chi connectivity index (χ4n) is 4.59.